The van der Waals surface area contributed by atoms with Gasteiger partial charge in [-0.2, -0.15) is 0 Å². The van der Waals surface area contributed by atoms with Crippen LogP contribution in [0.5, 0.6) is 0 Å². The number of carbonyl (C=O) groups excluding carboxylic acids is 1. The van der Waals surface area contributed by atoms with Crippen LogP contribution in [0.4, 0.5) is 5.69 Å². The number of carbonyl (C=O) groups is 1. The second-order valence-corrected chi connectivity index (χ2v) is 5.79. The van der Waals surface area contributed by atoms with Crippen LogP contribution in [0.2, 0.25) is 0 Å². The molecule has 4 heteroatoms. The standard InChI is InChI=1S/C18H23N3O/c1-14-4-5-16(13-21(2)3)12-17(14)20-18(22)7-6-15-8-10-19-11-9-15/h4-5,8-12H,6-7,13H2,1-3H3,(H,20,22). The summed E-state index contributed by atoms with van der Waals surface area (Å²) in [4.78, 5) is 18.2. The molecule has 1 N–H and O–H groups in total. The number of hydrogen-bond acceptors (Lipinski definition) is 3. The lowest BCUT2D eigenvalue weighted by Crippen LogP contribution is -2.15. The van der Waals surface area contributed by atoms with Crippen LogP contribution in [0, 0.1) is 6.92 Å². The molecule has 0 atom stereocenters. The van der Waals surface area contributed by atoms with E-state index in [9.17, 15) is 4.79 Å². The Bertz CT molecular complexity index is 623. The van der Waals surface area contributed by atoms with Crippen molar-refractivity contribution in [3.8, 4) is 0 Å². The lowest BCUT2D eigenvalue weighted by molar-refractivity contribution is -0.116. The number of aromatic nitrogens is 1. The van der Waals surface area contributed by atoms with Crippen LogP contribution in [0.15, 0.2) is 42.7 Å². The molecule has 0 fully saturated rings. The van der Waals surface area contributed by atoms with Crippen LogP contribution < -0.4 is 5.32 Å². The van der Waals surface area contributed by atoms with Gasteiger partial charge < -0.3 is 10.2 Å². The zero-order chi connectivity index (χ0) is 15.9. The van der Waals surface area contributed by atoms with E-state index in [1.807, 2.05) is 33.2 Å². The number of nitrogens with one attached hydrogen (secondary N) is 1. The molecule has 1 aromatic heterocycles. The largest absolute Gasteiger partial charge is 0.326 e. The van der Waals surface area contributed by atoms with Gasteiger partial charge >= 0.3 is 0 Å². The van der Waals surface area contributed by atoms with E-state index in [2.05, 4.69) is 33.4 Å². The van der Waals surface area contributed by atoms with Crippen molar-refractivity contribution in [3.05, 3.63) is 59.4 Å². The van der Waals surface area contributed by atoms with E-state index in [0.717, 1.165) is 29.8 Å². The van der Waals surface area contributed by atoms with Gasteiger partial charge in [-0.1, -0.05) is 12.1 Å². The number of aryl methyl sites for hydroxylation is 2. The Kier molecular flexibility index (Phi) is 5.67. The molecule has 0 aliphatic heterocycles. The molecule has 0 aliphatic carbocycles. The third-order valence-corrected chi connectivity index (χ3v) is 3.46. The zero-order valence-electron chi connectivity index (χ0n) is 13.5. The van der Waals surface area contributed by atoms with Gasteiger partial charge in [0.25, 0.3) is 0 Å². The third kappa shape index (κ3) is 4.97. The van der Waals surface area contributed by atoms with Gasteiger partial charge in [0.15, 0.2) is 0 Å². The van der Waals surface area contributed by atoms with Gasteiger partial charge in [0.1, 0.15) is 0 Å². The first-order valence-electron chi connectivity index (χ1n) is 7.47. The van der Waals surface area contributed by atoms with E-state index in [4.69, 9.17) is 0 Å². The molecule has 2 aromatic rings. The van der Waals surface area contributed by atoms with Gasteiger partial charge in [-0.3, -0.25) is 9.78 Å². The monoisotopic (exact) mass is 297 g/mol. The van der Waals surface area contributed by atoms with Crippen molar-refractivity contribution in [2.45, 2.75) is 26.3 Å². The van der Waals surface area contributed by atoms with Crippen molar-refractivity contribution in [1.29, 1.82) is 0 Å². The number of anilines is 1. The molecule has 1 amide bonds. The molecule has 0 spiro atoms. The fourth-order valence-electron chi connectivity index (χ4n) is 2.29. The fourth-order valence-corrected chi connectivity index (χ4v) is 2.29. The second kappa shape index (κ2) is 7.71. The number of rotatable bonds is 6. The van der Waals surface area contributed by atoms with Crippen molar-refractivity contribution in [1.82, 2.24) is 9.88 Å². The number of pyridine rings is 1. The highest BCUT2D eigenvalue weighted by Gasteiger charge is 2.07. The molecule has 0 radical (unpaired) electrons. The summed E-state index contributed by atoms with van der Waals surface area (Å²) in [5.41, 5.74) is 4.31. The number of amides is 1. The molecule has 0 saturated carbocycles. The topological polar surface area (TPSA) is 45.2 Å². The Morgan fingerprint density at radius 1 is 1.14 bits per heavy atom. The summed E-state index contributed by atoms with van der Waals surface area (Å²) in [5.74, 6) is 0.0434. The van der Waals surface area contributed by atoms with E-state index in [0.29, 0.717) is 6.42 Å². The van der Waals surface area contributed by atoms with E-state index < -0.39 is 0 Å². The number of nitrogens with zero attached hydrogens (tertiary/aromatic N) is 2. The number of hydrogen-bond donors (Lipinski definition) is 1. The van der Waals surface area contributed by atoms with E-state index in [-0.39, 0.29) is 5.91 Å². The molecule has 0 aliphatic rings. The highest BCUT2D eigenvalue weighted by atomic mass is 16.1. The highest BCUT2D eigenvalue weighted by Crippen LogP contribution is 2.18. The van der Waals surface area contributed by atoms with Gasteiger partial charge in [0.2, 0.25) is 5.91 Å². The summed E-state index contributed by atoms with van der Waals surface area (Å²) >= 11 is 0. The maximum Gasteiger partial charge on any atom is 0.224 e. The van der Waals surface area contributed by atoms with Crippen LogP contribution >= 0.6 is 0 Å². The first-order chi connectivity index (χ1) is 10.5. The van der Waals surface area contributed by atoms with Gasteiger partial charge in [0, 0.05) is 31.0 Å². The van der Waals surface area contributed by atoms with E-state index >= 15 is 0 Å². The summed E-state index contributed by atoms with van der Waals surface area (Å²) in [5, 5.41) is 3.02. The van der Waals surface area contributed by atoms with Gasteiger partial charge in [0.05, 0.1) is 0 Å². The highest BCUT2D eigenvalue weighted by molar-refractivity contribution is 5.91. The minimum atomic E-state index is 0.0434. The van der Waals surface area contributed by atoms with Crippen molar-refractivity contribution < 1.29 is 4.79 Å². The molecule has 1 heterocycles. The van der Waals surface area contributed by atoms with Crippen molar-refractivity contribution in [2.75, 3.05) is 19.4 Å². The Morgan fingerprint density at radius 2 is 1.86 bits per heavy atom. The van der Waals surface area contributed by atoms with Gasteiger partial charge in [-0.15, -0.1) is 0 Å². The van der Waals surface area contributed by atoms with Crippen molar-refractivity contribution in [3.63, 3.8) is 0 Å². The molecule has 22 heavy (non-hydrogen) atoms. The average Bonchev–Trinajstić information content (AvgIpc) is 2.49. The van der Waals surface area contributed by atoms with Crippen molar-refractivity contribution in [2.24, 2.45) is 0 Å². The minimum absolute atomic E-state index is 0.0434. The van der Waals surface area contributed by atoms with Crippen LogP contribution in [-0.4, -0.2) is 29.9 Å². The minimum Gasteiger partial charge on any atom is -0.326 e. The van der Waals surface area contributed by atoms with Crippen molar-refractivity contribution >= 4 is 11.6 Å². The Morgan fingerprint density at radius 3 is 2.55 bits per heavy atom. The lowest BCUT2D eigenvalue weighted by Gasteiger charge is -2.13. The smallest absolute Gasteiger partial charge is 0.224 e. The van der Waals surface area contributed by atoms with Gasteiger partial charge in [-0.05, 0) is 62.3 Å². The molecule has 4 nitrogen and oxygen atoms in total. The van der Waals surface area contributed by atoms with Crippen LogP contribution in [0.25, 0.3) is 0 Å². The molecule has 0 saturated heterocycles. The zero-order valence-corrected chi connectivity index (χ0v) is 13.5. The second-order valence-electron chi connectivity index (χ2n) is 5.79. The van der Waals surface area contributed by atoms with E-state index in [1.165, 1.54) is 5.56 Å². The molecule has 0 unspecified atom stereocenters. The summed E-state index contributed by atoms with van der Waals surface area (Å²) in [6.07, 6.45) is 4.70. The average molecular weight is 297 g/mol. The maximum absolute atomic E-state index is 12.1. The SMILES string of the molecule is Cc1ccc(CN(C)C)cc1NC(=O)CCc1ccncc1. The van der Waals surface area contributed by atoms with Crippen LogP contribution in [0.3, 0.4) is 0 Å². The summed E-state index contributed by atoms with van der Waals surface area (Å²) in [6.45, 7) is 2.87. The molecular formula is C18H23N3O. The Hall–Kier alpha value is -2.20. The Labute approximate surface area is 132 Å². The number of benzene rings is 1. The fraction of sp³-hybridized carbons (Fsp3) is 0.333. The third-order valence-electron chi connectivity index (χ3n) is 3.46. The maximum atomic E-state index is 12.1. The predicted molar refractivity (Wildman–Crippen MR) is 89.8 cm³/mol. The normalized spacial score (nSPS) is 10.7. The van der Waals surface area contributed by atoms with Gasteiger partial charge in [-0.25, -0.2) is 0 Å². The summed E-state index contributed by atoms with van der Waals surface area (Å²) in [7, 11) is 4.07. The quantitative estimate of drug-likeness (QED) is 0.891. The lowest BCUT2D eigenvalue weighted by atomic mass is 10.1. The van der Waals surface area contributed by atoms with Crippen LogP contribution in [0.1, 0.15) is 23.1 Å². The van der Waals surface area contributed by atoms with Crippen LogP contribution in [-0.2, 0) is 17.8 Å². The van der Waals surface area contributed by atoms with E-state index in [1.54, 1.807) is 12.4 Å². The molecule has 2 rings (SSSR count). The molecular weight excluding hydrogens is 274 g/mol. The molecule has 0 bridgehead atoms. The summed E-state index contributed by atoms with van der Waals surface area (Å²) < 4.78 is 0. The molecule has 1 aromatic carbocycles. The predicted octanol–water partition coefficient (Wildman–Crippen LogP) is 3.02. The Balaban J connectivity index is 1.95. The first-order valence-corrected chi connectivity index (χ1v) is 7.47. The molecule has 116 valence electrons. The first kappa shape index (κ1) is 16.2. The summed E-state index contributed by atoms with van der Waals surface area (Å²) in [6, 6.07) is 10.1.